The lowest BCUT2D eigenvalue weighted by Crippen LogP contribution is -2.24. The molecule has 0 bridgehead atoms. The van der Waals surface area contributed by atoms with Crippen LogP contribution in [0.4, 0.5) is 4.39 Å². The van der Waals surface area contributed by atoms with E-state index in [9.17, 15) is 9.18 Å². The SMILES string of the molecule is CCCCCNC(=O)c1ccc(OC)c(Oc2nc(Cc3ccc(F)cc3)ns2)c1. The van der Waals surface area contributed by atoms with Crippen LogP contribution in [0.5, 0.6) is 16.7 Å². The molecule has 0 spiro atoms. The van der Waals surface area contributed by atoms with Crippen molar-refractivity contribution in [3.63, 3.8) is 0 Å². The van der Waals surface area contributed by atoms with Gasteiger partial charge in [0, 0.05) is 30.1 Å². The number of amides is 1. The number of hydrogen-bond acceptors (Lipinski definition) is 6. The van der Waals surface area contributed by atoms with Crippen molar-refractivity contribution in [1.82, 2.24) is 14.7 Å². The molecule has 158 valence electrons. The van der Waals surface area contributed by atoms with E-state index in [1.54, 1.807) is 30.3 Å². The van der Waals surface area contributed by atoms with E-state index in [1.165, 1.54) is 19.2 Å². The minimum absolute atomic E-state index is 0.159. The molecule has 2 aromatic carbocycles. The maximum Gasteiger partial charge on any atom is 0.298 e. The molecule has 3 aromatic rings. The molecule has 1 heterocycles. The number of unbranched alkanes of at least 4 members (excludes halogenated alkanes) is 2. The number of ether oxygens (including phenoxy) is 2. The van der Waals surface area contributed by atoms with Crippen LogP contribution in [-0.2, 0) is 6.42 Å². The molecular formula is C22H24FN3O3S. The largest absolute Gasteiger partial charge is 0.493 e. The molecule has 1 aromatic heterocycles. The van der Waals surface area contributed by atoms with E-state index in [2.05, 4.69) is 21.6 Å². The fraction of sp³-hybridized carbons (Fsp3) is 0.318. The van der Waals surface area contributed by atoms with Gasteiger partial charge in [0.2, 0.25) is 0 Å². The van der Waals surface area contributed by atoms with E-state index in [1.807, 2.05) is 0 Å². The predicted octanol–water partition coefficient (Wildman–Crippen LogP) is 4.99. The van der Waals surface area contributed by atoms with Gasteiger partial charge in [0.15, 0.2) is 17.3 Å². The molecule has 0 saturated carbocycles. The molecule has 0 aliphatic heterocycles. The van der Waals surface area contributed by atoms with Gasteiger partial charge in [0.25, 0.3) is 11.1 Å². The summed E-state index contributed by atoms with van der Waals surface area (Å²) in [6.45, 7) is 2.76. The van der Waals surface area contributed by atoms with E-state index in [0.29, 0.717) is 41.0 Å². The molecule has 6 nitrogen and oxygen atoms in total. The maximum atomic E-state index is 13.0. The van der Waals surface area contributed by atoms with Gasteiger partial charge < -0.3 is 14.8 Å². The molecule has 1 N–H and O–H groups in total. The summed E-state index contributed by atoms with van der Waals surface area (Å²) < 4.78 is 28.5. The van der Waals surface area contributed by atoms with Crippen LogP contribution in [0.2, 0.25) is 0 Å². The monoisotopic (exact) mass is 429 g/mol. The highest BCUT2D eigenvalue weighted by Gasteiger charge is 2.14. The number of carbonyl (C=O) groups is 1. The summed E-state index contributed by atoms with van der Waals surface area (Å²) in [6.07, 6.45) is 3.59. The summed E-state index contributed by atoms with van der Waals surface area (Å²) in [5, 5.41) is 3.25. The Morgan fingerprint density at radius 2 is 1.93 bits per heavy atom. The first-order chi connectivity index (χ1) is 14.6. The summed E-state index contributed by atoms with van der Waals surface area (Å²) in [7, 11) is 1.53. The zero-order chi connectivity index (χ0) is 21.3. The third kappa shape index (κ3) is 6.00. The second-order valence-corrected chi connectivity index (χ2v) is 7.42. The fourth-order valence-corrected chi connectivity index (χ4v) is 3.37. The van der Waals surface area contributed by atoms with Gasteiger partial charge in [-0.2, -0.15) is 9.36 Å². The maximum absolute atomic E-state index is 13.0. The Bertz CT molecular complexity index is 976. The van der Waals surface area contributed by atoms with Crippen LogP contribution in [0.3, 0.4) is 0 Å². The summed E-state index contributed by atoms with van der Waals surface area (Å²) >= 11 is 1.11. The Hall–Kier alpha value is -3.00. The predicted molar refractivity (Wildman–Crippen MR) is 114 cm³/mol. The molecule has 0 fully saturated rings. The number of nitrogens with one attached hydrogen (secondary N) is 1. The first-order valence-corrected chi connectivity index (χ1v) is 10.6. The Balaban J connectivity index is 1.68. The van der Waals surface area contributed by atoms with Crippen LogP contribution in [0.25, 0.3) is 0 Å². The molecule has 0 saturated heterocycles. The first kappa shape index (κ1) is 21.7. The molecule has 0 aliphatic carbocycles. The fourth-order valence-electron chi connectivity index (χ4n) is 2.81. The van der Waals surface area contributed by atoms with E-state index in [4.69, 9.17) is 9.47 Å². The zero-order valence-corrected chi connectivity index (χ0v) is 17.8. The van der Waals surface area contributed by atoms with Gasteiger partial charge in [-0.25, -0.2) is 4.39 Å². The van der Waals surface area contributed by atoms with Gasteiger partial charge in [0.1, 0.15) is 5.82 Å². The summed E-state index contributed by atoms with van der Waals surface area (Å²) in [4.78, 5) is 16.8. The number of methoxy groups -OCH3 is 1. The van der Waals surface area contributed by atoms with Crippen LogP contribution < -0.4 is 14.8 Å². The van der Waals surface area contributed by atoms with E-state index in [0.717, 1.165) is 36.4 Å². The molecule has 0 unspecified atom stereocenters. The van der Waals surface area contributed by atoms with Crippen LogP contribution in [0.15, 0.2) is 42.5 Å². The number of benzene rings is 2. The van der Waals surface area contributed by atoms with Gasteiger partial charge in [-0.15, -0.1) is 0 Å². The van der Waals surface area contributed by atoms with Crippen molar-refractivity contribution < 1.29 is 18.7 Å². The van der Waals surface area contributed by atoms with Gasteiger partial charge in [-0.1, -0.05) is 31.9 Å². The number of aromatic nitrogens is 2. The molecule has 30 heavy (non-hydrogen) atoms. The number of carbonyl (C=O) groups excluding carboxylic acids is 1. The van der Waals surface area contributed by atoms with Crippen molar-refractivity contribution >= 4 is 17.4 Å². The van der Waals surface area contributed by atoms with Crippen molar-refractivity contribution in [3.8, 4) is 16.7 Å². The Morgan fingerprint density at radius 1 is 1.13 bits per heavy atom. The highest BCUT2D eigenvalue weighted by Crippen LogP contribution is 2.33. The lowest BCUT2D eigenvalue weighted by Gasteiger charge is -2.10. The number of hydrogen-bond donors (Lipinski definition) is 1. The van der Waals surface area contributed by atoms with Crippen molar-refractivity contribution in [2.75, 3.05) is 13.7 Å². The summed E-state index contributed by atoms with van der Waals surface area (Å²) in [6, 6.07) is 11.2. The second-order valence-electron chi connectivity index (χ2n) is 6.71. The summed E-state index contributed by atoms with van der Waals surface area (Å²) in [5.41, 5.74) is 1.39. The van der Waals surface area contributed by atoms with Crippen LogP contribution in [0, 0.1) is 5.82 Å². The number of nitrogens with zero attached hydrogens (tertiary/aromatic N) is 2. The topological polar surface area (TPSA) is 73.3 Å². The van der Waals surface area contributed by atoms with E-state index >= 15 is 0 Å². The zero-order valence-electron chi connectivity index (χ0n) is 17.0. The number of rotatable bonds is 10. The third-order valence-corrected chi connectivity index (χ3v) is 5.05. The average Bonchev–Trinajstić information content (AvgIpc) is 3.19. The Kier molecular flexibility index (Phi) is 7.73. The highest BCUT2D eigenvalue weighted by atomic mass is 32.1. The third-order valence-electron chi connectivity index (χ3n) is 4.41. The Morgan fingerprint density at radius 3 is 2.67 bits per heavy atom. The van der Waals surface area contributed by atoms with Crippen molar-refractivity contribution in [2.24, 2.45) is 0 Å². The molecule has 0 atom stereocenters. The molecule has 0 radical (unpaired) electrons. The van der Waals surface area contributed by atoms with Crippen LogP contribution in [0.1, 0.15) is 47.9 Å². The lowest BCUT2D eigenvalue weighted by atomic mass is 10.1. The van der Waals surface area contributed by atoms with Crippen LogP contribution in [-0.4, -0.2) is 28.9 Å². The van der Waals surface area contributed by atoms with Crippen molar-refractivity contribution in [2.45, 2.75) is 32.6 Å². The lowest BCUT2D eigenvalue weighted by molar-refractivity contribution is 0.0952. The minimum atomic E-state index is -0.282. The van der Waals surface area contributed by atoms with Crippen molar-refractivity contribution in [1.29, 1.82) is 0 Å². The molecule has 3 rings (SSSR count). The van der Waals surface area contributed by atoms with Gasteiger partial charge in [0.05, 0.1) is 7.11 Å². The van der Waals surface area contributed by atoms with Crippen molar-refractivity contribution in [3.05, 3.63) is 65.2 Å². The smallest absolute Gasteiger partial charge is 0.298 e. The van der Waals surface area contributed by atoms with Gasteiger partial charge >= 0.3 is 0 Å². The minimum Gasteiger partial charge on any atom is -0.493 e. The average molecular weight is 430 g/mol. The second kappa shape index (κ2) is 10.7. The molecule has 0 aliphatic rings. The molecular weight excluding hydrogens is 405 g/mol. The highest BCUT2D eigenvalue weighted by molar-refractivity contribution is 7.07. The quantitative estimate of drug-likeness (QED) is 0.460. The Labute approximate surface area is 179 Å². The van der Waals surface area contributed by atoms with Gasteiger partial charge in [-0.05, 0) is 42.3 Å². The number of halogens is 1. The summed E-state index contributed by atoms with van der Waals surface area (Å²) in [5.74, 6) is 1.02. The molecule has 1 amide bonds. The normalized spacial score (nSPS) is 10.6. The standard InChI is InChI=1S/C22H24FN3O3S/c1-3-4-5-12-24-21(27)16-8-11-18(28-2)19(14-16)29-22-25-20(26-30-22)13-15-6-9-17(23)10-7-15/h6-11,14H,3-5,12-13H2,1-2H3,(H,24,27). The van der Waals surface area contributed by atoms with Crippen LogP contribution >= 0.6 is 11.5 Å². The molecule has 8 heteroatoms. The van der Waals surface area contributed by atoms with E-state index < -0.39 is 0 Å². The first-order valence-electron chi connectivity index (χ1n) is 9.80. The van der Waals surface area contributed by atoms with E-state index in [-0.39, 0.29) is 11.7 Å². The van der Waals surface area contributed by atoms with Gasteiger partial charge in [-0.3, -0.25) is 4.79 Å².